The lowest BCUT2D eigenvalue weighted by molar-refractivity contribution is 0.582. The lowest BCUT2D eigenvalue weighted by atomic mass is 9.85. The molecule has 0 bridgehead atoms. The van der Waals surface area contributed by atoms with E-state index in [0.29, 0.717) is 5.92 Å². The molecule has 96 valence electrons. The van der Waals surface area contributed by atoms with Gasteiger partial charge in [-0.3, -0.25) is 0 Å². The summed E-state index contributed by atoms with van der Waals surface area (Å²) in [5, 5.41) is 0. The molecule has 1 aromatic heterocycles. The van der Waals surface area contributed by atoms with Crippen LogP contribution in [0.25, 0.3) is 10.4 Å². The van der Waals surface area contributed by atoms with Crippen molar-refractivity contribution in [2.24, 2.45) is 0 Å². The van der Waals surface area contributed by atoms with Gasteiger partial charge in [0.25, 0.3) is 0 Å². The maximum atomic E-state index is 2.38. The summed E-state index contributed by atoms with van der Waals surface area (Å²) in [5.41, 5.74) is 3.06. The van der Waals surface area contributed by atoms with Gasteiger partial charge >= 0.3 is 0 Å². The Morgan fingerprint density at radius 1 is 1.00 bits per heavy atom. The van der Waals surface area contributed by atoms with Gasteiger partial charge in [-0.25, -0.2) is 0 Å². The third-order valence-electron chi connectivity index (χ3n) is 3.15. The highest BCUT2D eigenvalue weighted by molar-refractivity contribution is 7.15. The van der Waals surface area contributed by atoms with Crippen LogP contribution in [-0.4, -0.2) is 0 Å². The molecular formula is C17H22S. The van der Waals surface area contributed by atoms with Crippen LogP contribution in [0.15, 0.2) is 36.4 Å². The van der Waals surface area contributed by atoms with E-state index in [1.807, 2.05) is 11.3 Å². The van der Waals surface area contributed by atoms with Crippen LogP contribution in [0.3, 0.4) is 0 Å². The lowest BCUT2D eigenvalue weighted by Crippen LogP contribution is -2.12. The third-order valence-corrected chi connectivity index (χ3v) is 4.64. The Labute approximate surface area is 115 Å². The number of hydrogen-bond donors (Lipinski definition) is 0. The fourth-order valence-corrected chi connectivity index (χ4v) is 3.54. The number of benzene rings is 1. The molecule has 0 spiro atoms. The fraction of sp³-hybridized carbons (Fsp3) is 0.412. The van der Waals surface area contributed by atoms with E-state index in [-0.39, 0.29) is 5.41 Å². The van der Waals surface area contributed by atoms with Gasteiger partial charge in [0.15, 0.2) is 0 Å². The number of thiophene rings is 1. The Morgan fingerprint density at radius 2 is 1.61 bits per heavy atom. The molecular weight excluding hydrogens is 236 g/mol. The number of hydrogen-bond acceptors (Lipinski definition) is 1. The molecule has 0 N–H and O–H groups in total. The Morgan fingerprint density at radius 3 is 2.06 bits per heavy atom. The minimum Gasteiger partial charge on any atom is -0.140 e. The van der Waals surface area contributed by atoms with Gasteiger partial charge in [-0.2, -0.15) is 0 Å². The molecule has 2 rings (SSSR count). The standard InChI is InChI=1S/C17H22S/c1-12(2)16-14(17(3,4)5)11-15(18-16)13-9-7-6-8-10-13/h6-12H,1-5H3. The predicted molar refractivity (Wildman–Crippen MR) is 82.5 cm³/mol. The largest absolute Gasteiger partial charge is 0.140 e. The highest BCUT2D eigenvalue weighted by Gasteiger charge is 2.22. The molecule has 0 aliphatic rings. The van der Waals surface area contributed by atoms with E-state index in [2.05, 4.69) is 71.0 Å². The zero-order valence-corrected chi connectivity index (χ0v) is 12.8. The van der Waals surface area contributed by atoms with E-state index in [1.54, 1.807) is 0 Å². The second-order valence-corrected chi connectivity index (χ2v) is 7.24. The summed E-state index contributed by atoms with van der Waals surface area (Å²) in [6.07, 6.45) is 0. The van der Waals surface area contributed by atoms with E-state index < -0.39 is 0 Å². The van der Waals surface area contributed by atoms with Crippen molar-refractivity contribution in [2.45, 2.75) is 46.0 Å². The van der Waals surface area contributed by atoms with Gasteiger partial charge in [0.2, 0.25) is 0 Å². The van der Waals surface area contributed by atoms with Gasteiger partial charge < -0.3 is 0 Å². The molecule has 0 fully saturated rings. The van der Waals surface area contributed by atoms with Gasteiger partial charge in [0.05, 0.1) is 0 Å². The normalized spacial score (nSPS) is 12.1. The third kappa shape index (κ3) is 2.67. The Bertz CT molecular complexity index is 512. The van der Waals surface area contributed by atoms with E-state index in [4.69, 9.17) is 0 Å². The molecule has 0 nitrogen and oxygen atoms in total. The maximum Gasteiger partial charge on any atom is 0.0348 e. The van der Waals surface area contributed by atoms with Crippen molar-refractivity contribution in [3.05, 3.63) is 46.8 Å². The minimum atomic E-state index is 0.225. The summed E-state index contributed by atoms with van der Waals surface area (Å²) >= 11 is 1.95. The molecule has 0 unspecified atom stereocenters. The topological polar surface area (TPSA) is 0 Å². The van der Waals surface area contributed by atoms with Crippen molar-refractivity contribution in [1.82, 2.24) is 0 Å². The monoisotopic (exact) mass is 258 g/mol. The van der Waals surface area contributed by atoms with Crippen LogP contribution in [0.1, 0.15) is 51.0 Å². The van der Waals surface area contributed by atoms with Crippen molar-refractivity contribution < 1.29 is 0 Å². The molecule has 1 heterocycles. The van der Waals surface area contributed by atoms with Crippen molar-refractivity contribution in [3.8, 4) is 10.4 Å². The highest BCUT2D eigenvalue weighted by atomic mass is 32.1. The molecule has 1 heteroatoms. The van der Waals surface area contributed by atoms with Crippen molar-refractivity contribution >= 4 is 11.3 Å². The summed E-state index contributed by atoms with van der Waals surface area (Å²) in [6, 6.07) is 13.1. The smallest absolute Gasteiger partial charge is 0.0348 e. The second kappa shape index (κ2) is 4.89. The van der Waals surface area contributed by atoms with Crippen LogP contribution in [0.2, 0.25) is 0 Å². The average molecular weight is 258 g/mol. The zero-order chi connectivity index (χ0) is 13.3. The van der Waals surface area contributed by atoms with Crippen LogP contribution < -0.4 is 0 Å². The average Bonchev–Trinajstić information content (AvgIpc) is 2.74. The molecule has 0 aliphatic carbocycles. The maximum absolute atomic E-state index is 2.38. The summed E-state index contributed by atoms with van der Waals surface area (Å²) in [7, 11) is 0. The Balaban J connectivity index is 2.53. The summed E-state index contributed by atoms with van der Waals surface area (Å²) in [5.74, 6) is 0.599. The molecule has 1 aromatic carbocycles. The minimum absolute atomic E-state index is 0.225. The predicted octanol–water partition coefficient (Wildman–Crippen LogP) is 5.84. The van der Waals surface area contributed by atoms with E-state index in [1.165, 1.54) is 20.9 Å². The van der Waals surface area contributed by atoms with Crippen LogP contribution in [0, 0.1) is 0 Å². The first-order valence-electron chi connectivity index (χ1n) is 6.59. The van der Waals surface area contributed by atoms with E-state index in [0.717, 1.165) is 0 Å². The van der Waals surface area contributed by atoms with Crippen LogP contribution in [0.4, 0.5) is 0 Å². The Kier molecular flexibility index (Phi) is 3.63. The van der Waals surface area contributed by atoms with E-state index in [9.17, 15) is 0 Å². The van der Waals surface area contributed by atoms with Gasteiger partial charge in [0, 0.05) is 9.75 Å². The molecule has 2 aromatic rings. The fourth-order valence-electron chi connectivity index (χ4n) is 2.16. The summed E-state index contributed by atoms with van der Waals surface area (Å²) in [6.45, 7) is 11.5. The summed E-state index contributed by atoms with van der Waals surface area (Å²) in [4.78, 5) is 2.92. The van der Waals surface area contributed by atoms with Crippen LogP contribution in [-0.2, 0) is 5.41 Å². The Hall–Kier alpha value is -1.08. The van der Waals surface area contributed by atoms with Crippen LogP contribution >= 0.6 is 11.3 Å². The van der Waals surface area contributed by atoms with E-state index >= 15 is 0 Å². The first-order chi connectivity index (χ1) is 8.39. The van der Waals surface area contributed by atoms with Gasteiger partial charge in [-0.05, 0) is 28.5 Å². The number of rotatable bonds is 2. The first kappa shape index (κ1) is 13.4. The van der Waals surface area contributed by atoms with Crippen molar-refractivity contribution in [2.75, 3.05) is 0 Å². The molecule has 0 atom stereocenters. The van der Waals surface area contributed by atoms with Gasteiger partial charge in [-0.1, -0.05) is 65.0 Å². The highest BCUT2D eigenvalue weighted by Crippen LogP contribution is 2.40. The zero-order valence-electron chi connectivity index (χ0n) is 11.9. The second-order valence-electron chi connectivity index (χ2n) is 6.16. The molecule has 0 radical (unpaired) electrons. The van der Waals surface area contributed by atoms with Gasteiger partial charge in [0.1, 0.15) is 0 Å². The molecule has 0 amide bonds. The molecule has 0 saturated heterocycles. The van der Waals surface area contributed by atoms with Gasteiger partial charge in [-0.15, -0.1) is 11.3 Å². The van der Waals surface area contributed by atoms with Crippen molar-refractivity contribution in [3.63, 3.8) is 0 Å². The van der Waals surface area contributed by atoms with Crippen molar-refractivity contribution in [1.29, 1.82) is 0 Å². The summed E-state index contributed by atoms with van der Waals surface area (Å²) < 4.78 is 0. The SMILES string of the molecule is CC(C)c1sc(-c2ccccc2)cc1C(C)(C)C. The first-order valence-corrected chi connectivity index (χ1v) is 7.41. The molecule has 0 aliphatic heterocycles. The molecule has 18 heavy (non-hydrogen) atoms. The lowest BCUT2D eigenvalue weighted by Gasteiger charge is -2.20. The van der Waals surface area contributed by atoms with Crippen LogP contribution in [0.5, 0.6) is 0 Å². The quantitative estimate of drug-likeness (QED) is 0.635. The molecule has 0 saturated carbocycles.